The third-order valence-electron chi connectivity index (χ3n) is 15.1. The van der Waals surface area contributed by atoms with Crippen molar-refractivity contribution in [1.82, 2.24) is 0 Å². The summed E-state index contributed by atoms with van der Waals surface area (Å²) in [5.41, 5.74) is 27.5. The van der Waals surface area contributed by atoms with E-state index >= 15 is 0 Å². The standard InChI is InChI=1S/C78H54/c1-11-33-55(34-12-1)65-53-31-32-54-66(65)76-72(61-45-23-7-24-46-61)68(57-37-15-3-16-38-57)71(60-43-21-6-22-44-60)75(64-51-29-10-30-52-64)78(76)77-73(62-47-25-8-26-48-62)69(58-39-17-4-18-40-58)67(56-35-13-2-14-36-56)70(59-41-19-5-20-42-59)74(77)63-49-27-9-28-50-63/h1-54H. The van der Waals surface area contributed by atoms with Crippen LogP contribution < -0.4 is 0 Å². The molecule has 0 aliphatic carbocycles. The van der Waals surface area contributed by atoms with Gasteiger partial charge in [0.25, 0.3) is 0 Å². The highest BCUT2D eigenvalue weighted by Gasteiger charge is 2.36. The fraction of sp³-hybridized carbons (Fsp3) is 0. The Bertz CT molecular complexity index is 4040. The molecule has 0 heterocycles. The molecule has 0 radical (unpaired) electrons. The van der Waals surface area contributed by atoms with E-state index in [1.165, 1.54) is 11.1 Å². The highest BCUT2D eigenvalue weighted by atomic mass is 14.4. The molecule has 13 rings (SSSR count). The minimum atomic E-state index is 1.12. The lowest BCUT2D eigenvalue weighted by Gasteiger charge is -2.34. The van der Waals surface area contributed by atoms with Gasteiger partial charge in [0.05, 0.1) is 0 Å². The van der Waals surface area contributed by atoms with E-state index in [1.54, 1.807) is 0 Å². The third kappa shape index (κ3) is 8.86. The van der Waals surface area contributed by atoms with Crippen molar-refractivity contribution in [1.29, 1.82) is 0 Å². The first-order chi connectivity index (χ1) is 38.8. The number of benzene rings is 13. The van der Waals surface area contributed by atoms with E-state index in [9.17, 15) is 0 Å². The Balaban J connectivity index is 1.43. The van der Waals surface area contributed by atoms with Gasteiger partial charge in [-0.15, -0.1) is 0 Å². The van der Waals surface area contributed by atoms with Gasteiger partial charge in [0.15, 0.2) is 0 Å². The number of hydrogen-bond acceptors (Lipinski definition) is 0. The van der Waals surface area contributed by atoms with Crippen LogP contribution in [0.2, 0.25) is 0 Å². The Morgan fingerprint density at radius 1 is 0.0897 bits per heavy atom. The van der Waals surface area contributed by atoms with E-state index in [2.05, 4.69) is 328 Å². The predicted molar refractivity (Wildman–Crippen MR) is 332 cm³/mol. The van der Waals surface area contributed by atoms with Crippen molar-refractivity contribution in [2.24, 2.45) is 0 Å². The van der Waals surface area contributed by atoms with Gasteiger partial charge in [-0.05, 0) is 134 Å². The Hall–Kier alpha value is -10.1. The van der Waals surface area contributed by atoms with Crippen LogP contribution in [0.4, 0.5) is 0 Å². The van der Waals surface area contributed by atoms with Crippen LogP contribution in [0.3, 0.4) is 0 Å². The molecule has 0 bridgehead atoms. The van der Waals surface area contributed by atoms with E-state index in [4.69, 9.17) is 0 Å². The van der Waals surface area contributed by atoms with Crippen LogP contribution in [-0.4, -0.2) is 0 Å². The molecule has 0 spiro atoms. The summed E-state index contributed by atoms with van der Waals surface area (Å²) in [6.07, 6.45) is 0. The van der Waals surface area contributed by atoms with Gasteiger partial charge in [0, 0.05) is 0 Å². The Kier molecular flexibility index (Phi) is 13.2. The first kappa shape index (κ1) is 47.6. The fourth-order valence-electron chi connectivity index (χ4n) is 11.9. The van der Waals surface area contributed by atoms with Gasteiger partial charge in [-0.25, -0.2) is 0 Å². The molecule has 13 aromatic rings. The van der Waals surface area contributed by atoms with E-state index < -0.39 is 0 Å². The maximum atomic E-state index is 2.37. The van der Waals surface area contributed by atoms with Crippen LogP contribution in [0.5, 0.6) is 0 Å². The molecule has 0 fully saturated rings. The average Bonchev–Trinajstić information content (AvgIpc) is 3.04. The molecule has 0 N–H and O–H groups in total. The zero-order valence-corrected chi connectivity index (χ0v) is 43.2. The van der Waals surface area contributed by atoms with E-state index in [-0.39, 0.29) is 0 Å². The van der Waals surface area contributed by atoms with Crippen LogP contribution in [0.1, 0.15) is 0 Å². The van der Waals surface area contributed by atoms with Gasteiger partial charge in [0.1, 0.15) is 0 Å². The fourth-order valence-corrected chi connectivity index (χ4v) is 11.9. The summed E-state index contributed by atoms with van der Waals surface area (Å²) in [7, 11) is 0. The van der Waals surface area contributed by atoms with Crippen molar-refractivity contribution in [2.75, 3.05) is 0 Å². The monoisotopic (exact) mass is 990 g/mol. The second kappa shape index (κ2) is 21.6. The maximum absolute atomic E-state index is 2.37. The number of hydrogen-bond donors (Lipinski definition) is 0. The summed E-state index contributed by atoms with van der Waals surface area (Å²) in [4.78, 5) is 0. The molecule has 0 unspecified atom stereocenters. The zero-order chi connectivity index (χ0) is 52.0. The van der Waals surface area contributed by atoms with Crippen LogP contribution in [-0.2, 0) is 0 Å². The smallest absolute Gasteiger partial charge is 0.0000713 e. The summed E-state index contributed by atoms with van der Waals surface area (Å²) < 4.78 is 0. The Labute approximate surface area is 458 Å². The van der Waals surface area contributed by atoms with E-state index in [0.717, 1.165) is 122 Å². The quantitative estimate of drug-likeness (QED) is 0.114. The molecule has 0 heteroatoms. The molecule has 366 valence electrons. The first-order valence-electron chi connectivity index (χ1n) is 26.9. The summed E-state index contributed by atoms with van der Waals surface area (Å²) in [5.74, 6) is 0. The maximum Gasteiger partial charge on any atom is -0.0000713 e. The topological polar surface area (TPSA) is 0 Å². The van der Waals surface area contributed by atoms with Crippen molar-refractivity contribution in [3.63, 3.8) is 0 Å². The molecule has 0 saturated carbocycles. The highest BCUT2D eigenvalue weighted by Crippen LogP contribution is 2.63. The van der Waals surface area contributed by atoms with Crippen LogP contribution in [0.15, 0.2) is 328 Å². The summed E-state index contributed by atoms with van der Waals surface area (Å²) >= 11 is 0. The Morgan fingerprint density at radius 3 is 0.449 bits per heavy atom. The lowest BCUT2D eigenvalue weighted by molar-refractivity contribution is 1.49. The molecular weight excluding hydrogens is 937 g/mol. The molecule has 0 saturated heterocycles. The normalized spacial score (nSPS) is 11.1. The van der Waals surface area contributed by atoms with Gasteiger partial charge in [-0.1, -0.05) is 328 Å². The SMILES string of the molecule is c1ccc(-c2ccccc2-c2c(-c3ccccc3)c(-c3ccccc3)c(-c3ccccc3)c(-c3ccccc3)c2-c2c(-c3ccccc3)c(-c3ccccc3)c(-c3ccccc3)c(-c3ccccc3)c2-c2ccccc2)cc1. The van der Waals surface area contributed by atoms with Gasteiger partial charge < -0.3 is 0 Å². The van der Waals surface area contributed by atoms with Crippen molar-refractivity contribution in [3.8, 4) is 134 Å². The predicted octanol–water partition coefficient (Wildman–Crippen LogP) is 21.7. The average molecular weight is 991 g/mol. The largest absolute Gasteiger partial charge is 0.0622 e. The number of rotatable bonds is 12. The zero-order valence-electron chi connectivity index (χ0n) is 43.2. The molecule has 0 aliphatic rings. The molecule has 13 aromatic carbocycles. The highest BCUT2D eigenvalue weighted by molar-refractivity contribution is 6.23. The summed E-state index contributed by atoms with van der Waals surface area (Å²) in [6, 6.07) is 121. The molecule has 0 aromatic heterocycles. The van der Waals surface area contributed by atoms with Crippen LogP contribution in [0.25, 0.3) is 134 Å². The molecule has 78 heavy (non-hydrogen) atoms. The van der Waals surface area contributed by atoms with Crippen LogP contribution >= 0.6 is 0 Å². The van der Waals surface area contributed by atoms with Gasteiger partial charge in [-0.2, -0.15) is 0 Å². The van der Waals surface area contributed by atoms with Crippen molar-refractivity contribution < 1.29 is 0 Å². The third-order valence-corrected chi connectivity index (χ3v) is 15.1. The van der Waals surface area contributed by atoms with Gasteiger partial charge in [0.2, 0.25) is 0 Å². The molecule has 0 nitrogen and oxygen atoms in total. The van der Waals surface area contributed by atoms with E-state index in [1.807, 2.05) is 0 Å². The Morgan fingerprint density at radius 2 is 0.231 bits per heavy atom. The molecule has 0 atom stereocenters. The van der Waals surface area contributed by atoms with Crippen molar-refractivity contribution in [3.05, 3.63) is 328 Å². The second-order valence-corrected chi connectivity index (χ2v) is 19.7. The van der Waals surface area contributed by atoms with Crippen molar-refractivity contribution in [2.45, 2.75) is 0 Å². The van der Waals surface area contributed by atoms with Gasteiger partial charge >= 0.3 is 0 Å². The van der Waals surface area contributed by atoms with Gasteiger partial charge in [-0.3, -0.25) is 0 Å². The molecule has 0 aliphatic heterocycles. The second-order valence-electron chi connectivity index (χ2n) is 19.7. The minimum Gasteiger partial charge on any atom is -0.0622 e. The molecular formula is C78H54. The van der Waals surface area contributed by atoms with E-state index in [0.29, 0.717) is 0 Å². The first-order valence-corrected chi connectivity index (χ1v) is 26.9. The summed E-state index contributed by atoms with van der Waals surface area (Å²) in [6.45, 7) is 0. The molecule has 0 amide bonds. The lowest BCUT2D eigenvalue weighted by atomic mass is 9.68. The van der Waals surface area contributed by atoms with Crippen LogP contribution in [0, 0.1) is 0 Å². The minimum absolute atomic E-state index is 1.12. The summed E-state index contributed by atoms with van der Waals surface area (Å²) in [5, 5.41) is 0. The van der Waals surface area contributed by atoms with Crippen molar-refractivity contribution >= 4 is 0 Å². The lowest BCUT2D eigenvalue weighted by Crippen LogP contribution is -2.07.